The summed E-state index contributed by atoms with van der Waals surface area (Å²) in [4.78, 5) is 11.1. The fourth-order valence-corrected chi connectivity index (χ4v) is 2.33. The molecule has 0 aromatic heterocycles. The average Bonchev–Trinajstić information content (AvgIpc) is 2.36. The van der Waals surface area contributed by atoms with E-state index in [2.05, 4.69) is 5.32 Å². The molecule has 0 radical (unpaired) electrons. The van der Waals surface area contributed by atoms with Crippen LogP contribution in [0.5, 0.6) is 0 Å². The van der Waals surface area contributed by atoms with Crippen molar-refractivity contribution >= 4 is 17.7 Å². The van der Waals surface area contributed by atoms with Crippen molar-refractivity contribution in [3.63, 3.8) is 0 Å². The predicted molar refractivity (Wildman–Crippen MR) is 77.7 cm³/mol. The molecule has 3 N–H and O–H groups in total. The van der Waals surface area contributed by atoms with Gasteiger partial charge in [-0.1, -0.05) is 13.8 Å². The average molecular weight is 307 g/mol. The lowest BCUT2D eigenvalue weighted by molar-refractivity contribution is -0.232. The van der Waals surface area contributed by atoms with Gasteiger partial charge in [0.05, 0.1) is 13.2 Å². The molecule has 1 aliphatic rings. The Balaban J connectivity index is 2.34. The van der Waals surface area contributed by atoms with Crippen LogP contribution in [0.15, 0.2) is 0 Å². The summed E-state index contributed by atoms with van der Waals surface area (Å²) in [7, 11) is 0. The summed E-state index contributed by atoms with van der Waals surface area (Å²) < 4.78 is 11.0. The van der Waals surface area contributed by atoms with Gasteiger partial charge in [0, 0.05) is 11.8 Å². The smallest absolute Gasteiger partial charge is 0.320 e. The molecule has 0 aromatic rings. The summed E-state index contributed by atoms with van der Waals surface area (Å²) >= 11 is 1.58. The van der Waals surface area contributed by atoms with Crippen LogP contribution in [-0.4, -0.2) is 60.0 Å². The molecule has 0 saturated carbocycles. The Kier molecular flexibility index (Phi) is 7.25. The van der Waals surface area contributed by atoms with Crippen molar-refractivity contribution in [2.75, 3.05) is 25.2 Å². The molecule has 0 aliphatic carbocycles. The quantitative estimate of drug-likeness (QED) is 0.574. The lowest BCUT2D eigenvalue weighted by Crippen LogP contribution is -2.47. The third kappa shape index (κ3) is 6.41. The summed E-state index contributed by atoms with van der Waals surface area (Å²) in [5, 5.41) is 21.7. The third-order valence-electron chi connectivity index (χ3n) is 3.04. The van der Waals surface area contributed by atoms with E-state index in [9.17, 15) is 9.90 Å². The van der Waals surface area contributed by atoms with Crippen molar-refractivity contribution in [3.05, 3.63) is 0 Å². The highest BCUT2D eigenvalue weighted by Gasteiger charge is 2.30. The highest BCUT2D eigenvalue weighted by Crippen LogP contribution is 2.24. The van der Waals surface area contributed by atoms with Crippen molar-refractivity contribution in [1.82, 2.24) is 5.32 Å². The Morgan fingerprint density at radius 2 is 2.05 bits per heavy atom. The highest BCUT2D eigenvalue weighted by atomic mass is 32.2. The second-order valence-electron chi connectivity index (χ2n) is 5.81. The minimum Gasteiger partial charge on any atom is -0.480 e. The molecule has 0 amide bonds. The first-order valence-corrected chi connectivity index (χ1v) is 8.12. The van der Waals surface area contributed by atoms with E-state index in [1.54, 1.807) is 11.8 Å². The molecular weight excluding hydrogens is 282 g/mol. The van der Waals surface area contributed by atoms with E-state index >= 15 is 0 Å². The molecule has 1 aliphatic heterocycles. The zero-order valence-corrected chi connectivity index (χ0v) is 13.1. The summed E-state index contributed by atoms with van der Waals surface area (Å²) in [6.45, 7) is 5.22. The minimum absolute atomic E-state index is 0.0170. The fourth-order valence-electron chi connectivity index (χ4n) is 1.86. The molecule has 0 aromatic carbocycles. The maximum Gasteiger partial charge on any atom is 0.320 e. The largest absolute Gasteiger partial charge is 0.480 e. The van der Waals surface area contributed by atoms with Crippen LogP contribution in [0.25, 0.3) is 0 Å². The molecule has 1 heterocycles. The Labute approximate surface area is 124 Å². The minimum atomic E-state index is -0.954. The van der Waals surface area contributed by atoms with Crippen LogP contribution in [-0.2, 0) is 14.3 Å². The van der Waals surface area contributed by atoms with Crippen molar-refractivity contribution in [2.45, 2.75) is 45.2 Å². The number of carboxylic acids is 1. The van der Waals surface area contributed by atoms with Crippen LogP contribution in [0.4, 0.5) is 0 Å². The van der Waals surface area contributed by atoms with E-state index < -0.39 is 24.5 Å². The molecule has 20 heavy (non-hydrogen) atoms. The number of rotatable bonds is 8. The van der Waals surface area contributed by atoms with Crippen molar-refractivity contribution in [3.8, 4) is 0 Å². The number of hydrogen-bond acceptors (Lipinski definition) is 6. The van der Waals surface area contributed by atoms with Crippen molar-refractivity contribution in [2.24, 2.45) is 5.41 Å². The van der Waals surface area contributed by atoms with Gasteiger partial charge >= 0.3 is 5.97 Å². The van der Waals surface area contributed by atoms with Gasteiger partial charge in [-0.2, -0.15) is 11.8 Å². The van der Waals surface area contributed by atoms with Crippen LogP contribution in [0, 0.1) is 5.41 Å². The first-order chi connectivity index (χ1) is 9.34. The lowest BCUT2D eigenvalue weighted by Gasteiger charge is -2.35. The molecule has 118 valence electrons. The summed E-state index contributed by atoms with van der Waals surface area (Å²) in [6.07, 6.45) is 1.16. The van der Waals surface area contributed by atoms with E-state index in [1.807, 2.05) is 20.1 Å². The van der Waals surface area contributed by atoms with Gasteiger partial charge in [0.25, 0.3) is 0 Å². The Bertz CT molecular complexity index is 303. The van der Waals surface area contributed by atoms with Gasteiger partial charge in [0.1, 0.15) is 12.3 Å². The van der Waals surface area contributed by atoms with Crippen molar-refractivity contribution < 1.29 is 24.5 Å². The number of carbonyl (C=O) groups is 1. The second kappa shape index (κ2) is 8.19. The fraction of sp³-hybridized carbons (Fsp3) is 0.923. The lowest BCUT2D eigenvalue weighted by atomic mass is 9.95. The maximum atomic E-state index is 11.1. The van der Waals surface area contributed by atoms with E-state index in [-0.39, 0.29) is 11.8 Å². The Morgan fingerprint density at radius 1 is 1.45 bits per heavy atom. The van der Waals surface area contributed by atoms with Crippen LogP contribution in [0.1, 0.15) is 26.7 Å². The zero-order chi connectivity index (χ0) is 15.2. The molecule has 0 spiro atoms. The van der Waals surface area contributed by atoms with Gasteiger partial charge in [0.2, 0.25) is 0 Å². The molecule has 1 unspecified atom stereocenters. The normalized spacial score (nSPS) is 22.4. The number of carboxylic acid groups (broad SMARTS) is 1. The number of ether oxygens (including phenoxy) is 2. The molecular formula is C13H25NO5S. The van der Waals surface area contributed by atoms with Crippen LogP contribution < -0.4 is 5.32 Å². The number of thioether (sulfide) groups is 1. The van der Waals surface area contributed by atoms with E-state index in [1.165, 1.54) is 0 Å². The first kappa shape index (κ1) is 17.7. The summed E-state index contributed by atoms with van der Waals surface area (Å²) in [5.74, 6) is -0.230. The zero-order valence-electron chi connectivity index (χ0n) is 12.3. The molecule has 0 bridgehead atoms. The third-order valence-corrected chi connectivity index (χ3v) is 3.68. The van der Waals surface area contributed by atoms with Crippen LogP contribution in [0.2, 0.25) is 0 Å². The standard InChI is InChI=1S/C13H25NO5S/c1-13(2)7-18-11(19-8-13)6-10(15)14-9(12(16)17)4-5-20-3/h9-11,14-15H,4-8H2,1-3H3,(H,16,17)/t9-,10?/m0/s1. The number of aliphatic carboxylic acids is 1. The molecule has 7 heteroatoms. The predicted octanol–water partition coefficient (Wildman–Crippen LogP) is 0.890. The van der Waals surface area contributed by atoms with Crippen molar-refractivity contribution in [1.29, 1.82) is 0 Å². The Hall–Kier alpha value is -0.340. The SMILES string of the molecule is CSCC[C@H](NC(O)CC1OCC(C)(C)CO1)C(=O)O. The van der Waals surface area contributed by atoms with E-state index in [0.29, 0.717) is 19.6 Å². The molecule has 6 nitrogen and oxygen atoms in total. The van der Waals surface area contributed by atoms with Crippen LogP contribution in [0.3, 0.4) is 0 Å². The van der Waals surface area contributed by atoms with E-state index in [4.69, 9.17) is 14.6 Å². The van der Waals surface area contributed by atoms with Gasteiger partial charge in [-0.05, 0) is 18.4 Å². The number of aliphatic hydroxyl groups is 1. The molecule has 2 atom stereocenters. The van der Waals surface area contributed by atoms with Gasteiger partial charge < -0.3 is 19.7 Å². The Morgan fingerprint density at radius 3 is 2.55 bits per heavy atom. The van der Waals surface area contributed by atoms with Gasteiger partial charge in [-0.25, -0.2) is 0 Å². The number of nitrogens with one attached hydrogen (secondary N) is 1. The highest BCUT2D eigenvalue weighted by molar-refractivity contribution is 7.98. The molecule has 1 rings (SSSR count). The van der Waals surface area contributed by atoms with Gasteiger partial charge in [-0.15, -0.1) is 0 Å². The number of aliphatic hydroxyl groups excluding tert-OH is 1. The van der Waals surface area contributed by atoms with E-state index in [0.717, 1.165) is 5.75 Å². The summed E-state index contributed by atoms with van der Waals surface area (Å²) in [5.41, 5.74) is -0.0170. The maximum absolute atomic E-state index is 11.1. The van der Waals surface area contributed by atoms with Crippen LogP contribution >= 0.6 is 11.8 Å². The number of hydrogen-bond donors (Lipinski definition) is 3. The first-order valence-electron chi connectivity index (χ1n) is 6.73. The van der Waals surface area contributed by atoms with Gasteiger partial charge in [0.15, 0.2) is 6.29 Å². The monoisotopic (exact) mass is 307 g/mol. The molecule has 1 saturated heterocycles. The molecule has 1 fully saturated rings. The topological polar surface area (TPSA) is 88.0 Å². The summed E-state index contributed by atoms with van der Waals surface area (Å²) in [6, 6.07) is -0.752. The van der Waals surface area contributed by atoms with Gasteiger partial charge in [-0.3, -0.25) is 10.1 Å². The second-order valence-corrected chi connectivity index (χ2v) is 6.79.